The number of phenolic OH excluding ortho intramolecular Hbond substituents is 1. The van der Waals surface area contributed by atoms with Crippen LogP contribution in [0.25, 0.3) is 11.1 Å². The van der Waals surface area contributed by atoms with Gasteiger partial charge in [-0.05, 0) is 56.5 Å². The largest absolute Gasteiger partial charge is 0.507 e. The molecule has 0 radical (unpaired) electrons. The van der Waals surface area contributed by atoms with E-state index < -0.39 is 5.92 Å². The molecule has 0 aliphatic heterocycles. The number of aromatic hydroxyl groups is 1. The Labute approximate surface area is 142 Å². The van der Waals surface area contributed by atoms with Gasteiger partial charge in [0, 0.05) is 18.7 Å². The molecule has 0 saturated heterocycles. The maximum absolute atomic E-state index is 13.1. The minimum atomic E-state index is -0.411. The number of rotatable bonds is 5. The summed E-state index contributed by atoms with van der Waals surface area (Å²) < 4.78 is 13.1. The van der Waals surface area contributed by atoms with Gasteiger partial charge in [-0.3, -0.25) is 4.79 Å². The van der Waals surface area contributed by atoms with Crippen molar-refractivity contribution < 1.29 is 14.3 Å². The van der Waals surface area contributed by atoms with Gasteiger partial charge in [0.1, 0.15) is 11.6 Å². The Morgan fingerprint density at radius 2 is 1.71 bits per heavy atom. The highest BCUT2D eigenvalue weighted by atomic mass is 19.1. The Morgan fingerprint density at radius 3 is 2.25 bits per heavy atom. The summed E-state index contributed by atoms with van der Waals surface area (Å²) in [5.41, 5.74) is 2.98. The zero-order valence-electron chi connectivity index (χ0n) is 14.6. The first-order valence-corrected chi connectivity index (χ1v) is 8.27. The maximum atomic E-state index is 13.1. The fraction of sp³-hybridized carbons (Fsp3) is 0.350. The fourth-order valence-corrected chi connectivity index (χ4v) is 2.95. The predicted octanol–water partition coefficient (Wildman–Crippen LogP) is 4.48. The summed E-state index contributed by atoms with van der Waals surface area (Å²) in [4.78, 5) is 14.3. The third kappa shape index (κ3) is 3.42. The van der Waals surface area contributed by atoms with Crippen LogP contribution in [0.15, 0.2) is 36.4 Å². The zero-order chi connectivity index (χ0) is 17.9. The molecule has 0 heterocycles. The number of nitrogens with zero attached hydrogens (tertiary/aromatic N) is 1. The number of likely N-dealkylation sites (N-methyl/N-ethyl adjacent to an activating group) is 1. The minimum absolute atomic E-state index is 0.00392. The molecule has 3 nitrogen and oxygen atoms in total. The summed E-state index contributed by atoms with van der Waals surface area (Å²) in [6.45, 7) is 8.80. The van der Waals surface area contributed by atoms with Gasteiger partial charge in [0.15, 0.2) is 0 Å². The first-order chi connectivity index (χ1) is 11.4. The number of carbonyl (C=O) groups is 1. The average molecular weight is 329 g/mol. The summed E-state index contributed by atoms with van der Waals surface area (Å²) in [6, 6.07) is 9.82. The van der Waals surface area contributed by atoms with E-state index in [1.54, 1.807) is 23.1 Å². The molecule has 1 unspecified atom stereocenters. The van der Waals surface area contributed by atoms with Crippen LogP contribution in [0.5, 0.6) is 5.75 Å². The van der Waals surface area contributed by atoms with Crippen molar-refractivity contribution in [3.8, 4) is 16.9 Å². The van der Waals surface area contributed by atoms with Crippen molar-refractivity contribution >= 4 is 5.91 Å². The first-order valence-electron chi connectivity index (χ1n) is 8.27. The van der Waals surface area contributed by atoms with Crippen LogP contribution in [0.4, 0.5) is 4.39 Å². The van der Waals surface area contributed by atoms with Crippen molar-refractivity contribution in [2.45, 2.75) is 33.6 Å². The number of amides is 1. The molecule has 128 valence electrons. The maximum Gasteiger partial charge on any atom is 0.229 e. The van der Waals surface area contributed by atoms with Crippen molar-refractivity contribution in [1.82, 2.24) is 4.90 Å². The van der Waals surface area contributed by atoms with E-state index in [9.17, 15) is 14.3 Å². The van der Waals surface area contributed by atoms with Gasteiger partial charge < -0.3 is 10.0 Å². The molecule has 1 atom stereocenters. The minimum Gasteiger partial charge on any atom is -0.507 e. The summed E-state index contributed by atoms with van der Waals surface area (Å²) in [5, 5.41) is 10.6. The Hall–Kier alpha value is -2.36. The molecule has 0 spiro atoms. The quantitative estimate of drug-likeness (QED) is 0.878. The number of benzene rings is 2. The normalized spacial score (nSPS) is 12.0. The van der Waals surface area contributed by atoms with E-state index in [1.165, 1.54) is 12.1 Å². The van der Waals surface area contributed by atoms with Gasteiger partial charge >= 0.3 is 0 Å². The predicted molar refractivity (Wildman–Crippen MR) is 94.6 cm³/mol. The molecule has 0 saturated carbocycles. The van der Waals surface area contributed by atoms with Crippen molar-refractivity contribution in [3.63, 3.8) is 0 Å². The summed E-state index contributed by atoms with van der Waals surface area (Å²) >= 11 is 0. The van der Waals surface area contributed by atoms with Crippen molar-refractivity contribution in [3.05, 3.63) is 53.3 Å². The molecular formula is C20H24FNO2. The average Bonchev–Trinajstić information content (AvgIpc) is 2.58. The van der Waals surface area contributed by atoms with Crippen LogP contribution in [0, 0.1) is 12.7 Å². The van der Waals surface area contributed by atoms with Crippen LogP contribution in [-0.2, 0) is 4.79 Å². The molecule has 2 aromatic rings. The van der Waals surface area contributed by atoms with Crippen LogP contribution < -0.4 is 0 Å². The zero-order valence-corrected chi connectivity index (χ0v) is 14.6. The third-order valence-corrected chi connectivity index (χ3v) is 4.53. The van der Waals surface area contributed by atoms with E-state index in [1.807, 2.05) is 33.8 Å². The van der Waals surface area contributed by atoms with Crippen LogP contribution in [0.1, 0.15) is 37.8 Å². The Morgan fingerprint density at radius 1 is 1.12 bits per heavy atom. The topological polar surface area (TPSA) is 40.5 Å². The Balaban J connectivity index is 2.39. The van der Waals surface area contributed by atoms with E-state index in [4.69, 9.17) is 0 Å². The molecule has 1 amide bonds. The smallest absolute Gasteiger partial charge is 0.229 e. The van der Waals surface area contributed by atoms with Crippen LogP contribution >= 0.6 is 0 Å². The van der Waals surface area contributed by atoms with E-state index in [2.05, 4.69) is 0 Å². The van der Waals surface area contributed by atoms with Crippen molar-refractivity contribution in [2.24, 2.45) is 0 Å². The lowest BCUT2D eigenvalue weighted by Crippen LogP contribution is -2.33. The van der Waals surface area contributed by atoms with Crippen LogP contribution in [0.2, 0.25) is 0 Å². The van der Waals surface area contributed by atoms with Gasteiger partial charge in [0.25, 0.3) is 0 Å². The molecule has 24 heavy (non-hydrogen) atoms. The van der Waals surface area contributed by atoms with E-state index in [0.717, 1.165) is 11.1 Å². The SMILES string of the molecule is CCN(CC)C(=O)C(C)c1ccc(-c2ccc(F)cc2)c(C)c1O. The fourth-order valence-electron chi connectivity index (χ4n) is 2.95. The first kappa shape index (κ1) is 18.0. The van der Waals surface area contributed by atoms with Gasteiger partial charge in [0.2, 0.25) is 5.91 Å². The summed E-state index contributed by atoms with van der Waals surface area (Å²) in [5.74, 6) is -0.574. The Bertz CT molecular complexity index is 721. The van der Waals surface area contributed by atoms with Crippen molar-refractivity contribution in [1.29, 1.82) is 0 Å². The molecule has 2 aromatic carbocycles. The molecule has 2 rings (SSSR count). The Kier molecular flexibility index (Phi) is 5.60. The monoisotopic (exact) mass is 329 g/mol. The van der Waals surface area contributed by atoms with Crippen LogP contribution in [-0.4, -0.2) is 29.0 Å². The lowest BCUT2D eigenvalue weighted by atomic mass is 9.91. The molecule has 0 bridgehead atoms. The molecule has 0 aliphatic rings. The summed E-state index contributed by atoms with van der Waals surface area (Å²) in [6.07, 6.45) is 0. The number of carbonyl (C=O) groups excluding carboxylic acids is 1. The lowest BCUT2D eigenvalue weighted by Gasteiger charge is -2.24. The number of hydrogen-bond acceptors (Lipinski definition) is 2. The highest BCUT2D eigenvalue weighted by Gasteiger charge is 2.24. The van der Waals surface area contributed by atoms with Gasteiger partial charge in [-0.2, -0.15) is 0 Å². The molecule has 4 heteroatoms. The number of hydrogen-bond donors (Lipinski definition) is 1. The highest BCUT2D eigenvalue weighted by molar-refractivity contribution is 5.85. The molecule has 1 N–H and O–H groups in total. The van der Waals surface area contributed by atoms with E-state index in [-0.39, 0.29) is 17.5 Å². The third-order valence-electron chi connectivity index (χ3n) is 4.53. The highest BCUT2D eigenvalue weighted by Crippen LogP contribution is 2.36. The van der Waals surface area contributed by atoms with Gasteiger partial charge in [-0.25, -0.2) is 4.39 Å². The van der Waals surface area contributed by atoms with Crippen molar-refractivity contribution in [2.75, 3.05) is 13.1 Å². The van der Waals surface area contributed by atoms with Gasteiger partial charge in [-0.1, -0.05) is 24.3 Å². The standard InChI is InChI=1S/C20H24FNO2/c1-5-22(6-2)20(24)14(4)18-12-11-17(13(3)19(18)23)15-7-9-16(21)10-8-15/h7-12,14,23H,5-6H2,1-4H3. The molecule has 0 aromatic heterocycles. The second kappa shape index (κ2) is 7.47. The molecule has 0 aliphatic carbocycles. The second-order valence-electron chi connectivity index (χ2n) is 5.92. The van der Waals surface area contributed by atoms with Crippen LogP contribution in [0.3, 0.4) is 0 Å². The lowest BCUT2D eigenvalue weighted by molar-refractivity contribution is -0.132. The molecule has 0 fully saturated rings. The van der Waals surface area contributed by atoms with E-state index >= 15 is 0 Å². The summed E-state index contributed by atoms with van der Waals surface area (Å²) in [7, 11) is 0. The number of phenols is 1. The number of halogens is 1. The van der Waals surface area contributed by atoms with Gasteiger partial charge in [-0.15, -0.1) is 0 Å². The molecular weight excluding hydrogens is 305 g/mol. The van der Waals surface area contributed by atoms with Gasteiger partial charge in [0.05, 0.1) is 5.92 Å². The van der Waals surface area contributed by atoms with E-state index in [0.29, 0.717) is 24.2 Å². The second-order valence-corrected chi connectivity index (χ2v) is 5.92.